The Kier molecular flexibility index (Phi) is 4.32. The highest BCUT2D eigenvalue weighted by Gasteiger charge is 2.19. The number of para-hydroxylation sites is 1. The Morgan fingerprint density at radius 2 is 1.86 bits per heavy atom. The molecule has 0 amide bonds. The maximum Gasteiger partial charge on any atom is 0.519 e. The third kappa shape index (κ3) is 3.08. The van der Waals surface area contributed by atoms with Gasteiger partial charge in [-0.05, 0) is 44.0 Å². The fourth-order valence-electron chi connectivity index (χ4n) is 1.71. The van der Waals surface area contributed by atoms with Gasteiger partial charge in [0.25, 0.3) is 0 Å². The van der Waals surface area contributed by atoms with E-state index in [0.717, 1.165) is 11.3 Å². The second kappa shape index (κ2) is 6.23. The second-order valence-corrected chi connectivity index (χ2v) is 6.64. The highest BCUT2D eigenvalue weighted by molar-refractivity contribution is 9.11. The standard InChI is InChI=1S/C14H6Br2O5S/c15-8-6-9-12(22-14(18)20-9)10(16)11(8)21-13(17)19-7-4-2-1-3-5-7/h1-6H. The molecule has 1 aromatic heterocycles. The van der Waals surface area contributed by atoms with Crippen LogP contribution < -0.4 is 14.4 Å². The monoisotopic (exact) mass is 444 g/mol. The lowest BCUT2D eigenvalue weighted by Gasteiger charge is -2.09. The molecule has 2 aromatic carbocycles. The van der Waals surface area contributed by atoms with Crippen LogP contribution in [0.3, 0.4) is 0 Å². The Labute approximate surface area is 144 Å². The van der Waals surface area contributed by atoms with Crippen molar-refractivity contribution in [2.75, 3.05) is 0 Å². The van der Waals surface area contributed by atoms with Crippen molar-refractivity contribution in [3.05, 3.63) is 55.1 Å². The molecule has 0 saturated heterocycles. The Hall–Kier alpha value is -1.64. The van der Waals surface area contributed by atoms with Crippen LogP contribution >= 0.6 is 43.2 Å². The zero-order valence-corrected chi connectivity index (χ0v) is 14.7. The first kappa shape index (κ1) is 15.3. The van der Waals surface area contributed by atoms with Crippen molar-refractivity contribution in [1.82, 2.24) is 0 Å². The summed E-state index contributed by atoms with van der Waals surface area (Å²) >= 11 is 7.49. The van der Waals surface area contributed by atoms with Crippen molar-refractivity contribution in [1.29, 1.82) is 0 Å². The van der Waals surface area contributed by atoms with Crippen molar-refractivity contribution < 1.29 is 18.7 Å². The summed E-state index contributed by atoms with van der Waals surface area (Å²) in [5, 5.41) is 0. The van der Waals surface area contributed by atoms with E-state index < -0.39 is 11.1 Å². The largest absolute Gasteiger partial charge is 0.519 e. The Bertz CT molecular complexity index is 901. The minimum absolute atomic E-state index is 0.213. The smallest absolute Gasteiger partial charge is 0.414 e. The summed E-state index contributed by atoms with van der Waals surface area (Å²) in [6, 6.07) is 10.1. The molecule has 0 spiro atoms. The molecule has 0 saturated carbocycles. The molecular formula is C14H6Br2O5S. The molecule has 1 heterocycles. The van der Waals surface area contributed by atoms with Crippen LogP contribution in [0.5, 0.6) is 11.5 Å². The van der Waals surface area contributed by atoms with Crippen LogP contribution in [0.4, 0.5) is 4.79 Å². The topological polar surface area (TPSA) is 65.7 Å². The summed E-state index contributed by atoms with van der Waals surface area (Å²) in [4.78, 5) is 22.7. The Morgan fingerprint density at radius 1 is 1.14 bits per heavy atom. The molecule has 5 nitrogen and oxygen atoms in total. The van der Waals surface area contributed by atoms with E-state index in [2.05, 4.69) is 31.9 Å². The third-order valence-electron chi connectivity index (χ3n) is 2.61. The predicted octanol–water partition coefficient (Wildman–Crippen LogP) is 4.96. The summed E-state index contributed by atoms with van der Waals surface area (Å²) < 4.78 is 16.7. The molecule has 3 aromatic rings. The van der Waals surface area contributed by atoms with Crippen LogP contribution in [0.2, 0.25) is 0 Å². The van der Waals surface area contributed by atoms with Crippen molar-refractivity contribution in [2.24, 2.45) is 0 Å². The van der Waals surface area contributed by atoms with E-state index in [0.29, 0.717) is 25.0 Å². The zero-order valence-electron chi connectivity index (χ0n) is 10.7. The van der Waals surface area contributed by atoms with Gasteiger partial charge in [-0.1, -0.05) is 29.5 Å². The average molecular weight is 446 g/mol. The molecule has 8 heteroatoms. The highest BCUT2D eigenvalue weighted by Crippen LogP contribution is 2.41. The highest BCUT2D eigenvalue weighted by atomic mass is 79.9. The number of fused-ring (bicyclic) bond motifs is 1. The second-order valence-electron chi connectivity index (χ2n) is 4.05. The van der Waals surface area contributed by atoms with E-state index in [1.807, 2.05) is 0 Å². The third-order valence-corrected chi connectivity index (χ3v) is 5.07. The van der Waals surface area contributed by atoms with Crippen LogP contribution in [0.15, 0.2) is 54.6 Å². The lowest BCUT2D eigenvalue weighted by molar-refractivity contribution is 0.151. The van der Waals surface area contributed by atoms with Gasteiger partial charge in [-0.15, -0.1) is 0 Å². The van der Waals surface area contributed by atoms with Gasteiger partial charge in [-0.3, -0.25) is 0 Å². The first-order valence-electron chi connectivity index (χ1n) is 5.91. The maximum absolute atomic E-state index is 11.9. The number of ether oxygens (including phenoxy) is 2. The summed E-state index contributed by atoms with van der Waals surface area (Å²) in [5.74, 6) is 0.583. The van der Waals surface area contributed by atoms with E-state index in [-0.39, 0.29) is 5.75 Å². The first-order chi connectivity index (χ1) is 10.5. The summed E-state index contributed by atoms with van der Waals surface area (Å²) in [6.07, 6.45) is -0.886. The van der Waals surface area contributed by atoms with Crippen molar-refractivity contribution in [3.63, 3.8) is 0 Å². The van der Waals surface area contributed by atoms with Crippen LogP contribution in [-0.2, 0) is 0 Å². The van der Waals surface area contributed by atoms with Crippen molar-refractivity contribution >= 4 is 59.6 Å². The lowest BCUT2D eigenvalue weighted by atomic mass is 10.3. The van der Waals surface area contributed by atoms with Gasteiger partial charge in [0.15, 0.2) is 11.3 Å². The Morgan fingerprint density at radius 3 is 2.59 bits per heavy atom. The van der Waals surface area contributed by atoms with E-state index in [1.165, 1.54) is 0 Å². The van der Waals surface area contributed by atoms with E-state index in [4.69, 9.17) is 13.9 Å². The maximum atomic E-state index is 11.9. The number of hydrogen-bond acceptors (Lipinski definition) is 6. The number of benzene rings is 2. The lowest BCUT2D eigenvalue weighted by Crippen LogP contribution is -2.14. The molecule has 0 unspecified atom stereocenters. The van der Waals surface area contributed by atoms with E-state index in [9.17, 15) is 9.59 Å². The van der Waals surface area contributed by atoms with Gasteiger partial charge in [0.2, 0.25) is 0 Å². The van der Waals surface area contributed by atoms with Gasteiger partial charge in [0, 0.05) is 6.07 Å². The number of halogens is 2. The van der Waals surface area contributed by atoms with Crippen LogP contribution in [0.25, 0.3) is 10.3 Å². The summed E-state index contributed by atoms with van der Waals surface area (Å²) in [5.41, 5.74) is 0.400. The SMILES string of the molecule is O=C(Oc1ccccc1)Oc1c(Br)cc2oc(=O)sc2c1Br. The molecular weight excluding hydrogens is 440 g/mol. The number of carbonyl (C=O) groups excluding carboxylic acids is 1. The quantitative estimate of drug-likeness (QED) is 0.412. The average Bonchev–Trinajstić information content (AvgIpc) is 2.85. The molecule has 3 rings (SSSR count). The molecule has 0 aliphatic carbocycles. The van der Waals surface area contributed by atoms with Crippen molar-refractivity contribution in [2.45, 2.75) is 0 Å². The van der Waals surface area contributed by atoms with Gasteiger partial charge in [-0.2, -0.15) is 0 Å². The number of rotatable bonds is 2. The molecule has 0 fully saturated rings. The number of hydrogen-bond donors (Lipinski definition) is 0. The molecule has 112 valence electrons. The molecule has 0 aliphatic heterocycles. The molecule has 0 atom stereocenters. The summed E-state index contributed by atoms with van der Waals surface area (Å²) in [7, 11) is 0. The fraction of sp³-hybridized carbons (Fsp3) is 0. The van der Waals surface area contributed by atoms with E-state index in [1.54, 1.807) is 36.4 Å². The minimum Gasteiger partial charge on any atom is -0.414 e. The molecule has 0 bridgehead atoms. The number of carbonyl (C=O) groups is 1. The van der Waals surface area contributed by atoms with Crippen LogP contribution in [0.1, 0.15) is 0 Å². The van der Waals surface area contributed by atoms with Gasteiger partial charge in [-0.25, -0.2) is 9.59 Å². The Balaban J connectivity index is 1.90. The molecule has 22 heavy (non-hydrogen) atoms. The predicted molar refractivity (Wildman–Crippen MR) is 88.9 cm³/mol. The fourth-order valence-corrected chi connectivity index (χ4v) is 3.88. The van der Waals surface area contributed by atoms with Gasteiger partial charge in [0.1, 0.15) is 5.75 Å². The van der Waals surface area contributed by atoms with Crippen molar-refractivity contribution in [3.8, 4) is 11.5 Å². The minimum atomic E-state index is -0.886. The molecule has 0 radical (unpaired) electrons. The molecule has 0 N–H and O–H groups in total. The van der Waals surface area contributed by atoms with Gasteiger partial charge < -0.3 is 13.9 Å². The van der Waals surface area contributed by atoms with Crippen LogP contribution in [-0.4, -0.2) is 6.16 Å². The van der Waals surface area contributed by atoms with Crippen LogP contribution in [0, 0.1) is 0 Å². The zero-order chi connectivity index (χ0) is 15.7. The van der Waals surface area contributed by atoms with Gasteiger partial charge >= 0.3 is 11.1 Å². The van der Waals surface area contributed by atoms with E-state index >= 15 is 0 Å². The summed E-state index contributed by atoms with van der Waals surface area (Å²) in [6.45, 7) is 0. The normalized spacial score (nSPS) is 10.6. The molecule has 0 aliphatic rings. The first-order valence-corrected chi connectivity index (χ1v) is 8.31. The van der Waals surface area contributed by atoms with Gasteiger partial charge in [0.05, 0.1) is 13.6 Å².